The van der Waals surface area contributed by atoms with Crippen LogP contribution in [-0.2, 0) is 27.2 Å². The van der Waals surface area contributed by atoms with E-state index in [4.69, 9.17) is 4.98 Å². The molecule has 0 bridgehead atoms. The van der Waals surface area contributed by atoms with E-state index in [0.29, 0.717) is 13.0 Å². The number of pyridine rings is 1. The first kappa shape index (κ1) is 31.0. The van der Waals surface area contributed by atoms with E-state index in [1.165, 1.54) is 0 Å². The molecule has 2 fully saturated rings. The summed E-state index contributed by atoms with van der Waals surface area (Å²) in [6.07, 6.45) is 3.77. The zero-order chi connectivity index (χ0) is 32.4. The minimum absolute atomic E-state index is 0.0406. The van der Waals surface area contributed by atoms with Crippen LogP contribution in [0, 0.1) is 6.92 Å². The van der Waals surface area contributed by atoms with Crippen LogP contribution in [0.25, 0.3) is 10.9 Å². The molecule has 2 aliphatic rings. The van der Waals surface area contributed by atoms with Gasteiger partial charge in [0.15, 0.2) is 0 Å². The third-order valence-electron chi connectivity index (χ3n) is 9.15. The van der Waals surface area contributed by atoms with Crippen molar-refractivity contribution in [3.8, 4) is 5.75 Å². The SMILES string of the molecule is C=CCN1CC(=O)N2[C@@H](Cc3ccc(O)cc3)C(=O)N([C@@H](C)c3ccc(C)c4cccnc34)C[C@@H]2N1C(=O)CCc1ccccc1. The summed E-state index contributed by atoms with van der Waals surface area (Å²) >= 11 is 0. The maximum absolute atomic E-state index is 14.5. The lowest BCUT2D eigenvalue weighted by Gasteiger charge is -2.56. The number of hydrogen-bond acceptors (Lipinski definition) is 6. The molecule has 3 aromatic carbocycles. The third-order valence-corrected chi connectivity index (χ3v) is 9.15. The van der Waals surface area contributed by atoms with Crippen molar-refractivity contribution in [2.45, 2.75) is 51.4 Å². The first-order chi connectivity index (χ1) is 22.3. The number of amides is 3. The molecular formula is C37H39N5O4. The van der Waals surface area contributed by atoms with Crippen LogP contribution in [-0.4, -0.2) is 79.5 Å². The number of aryl methyl sites for hydroxylation is 2. The minimum atomic E-state index is -0.849. The Balaban J connectivity index is 1.41. The molecule has 46 heavy (non-hydrogen) atoms. The highest BCUT2D eigenvalue weighted by Gasteiger charge is 2.52. The molecule has 9 nitrogen and oxygen atoms in total. The molecule has 0 spiro atoms. The van der Waals surface area contributed by atoms with E-state index >= 15 is 0 Å². The van der Waals surface area contributed by atoms with Gasteiger partial charge in [-0.25, -0.2) is 10.0 Å². The summed E-state index contributed by atoms with van der Waals surface area (Å²) in [6.45, 7) is 8.32. The van der Waals surface area contributed by atoms with E-state index in [-0.39, 0.29) is 55.4 Å². The molecule has 3 amide bonds. The van der Waals surface area contributed by atoms with Crippen molar-refractivity contribution in [3.63, 3.8) is 0 Å². The number of benzene rings is 3. The van der Waals surface area contributed by atoms with E-state index in [1.54, 1.807) is 56.4 Å². The maximum atomic E-state index is 14.5. The lowest BCUT2D eigenvalue weighted by molar-refractivity contribution is -0.206. The number of rotatable bonds is 9. The molecule has 0 saturated carbocycles. The summed E-state index contributed by atoms with van der Waals surface area (Å²) in [5.41, 5.74) is 4.67. The molecule has 0 aliphatic carbocycles. The van der Waals surface area contributed by atoms with E-state index in [9.17, 15) is 19.5 Å². The van der Waals surface area contributed by atoms with E-state index < -0.39 is 12.2 Å². The molecule has 236 valence electrons. The number of piperazine rings is 1. The molecule has 0 radical (unpaired) electrons. The van der Waals surface area contributed by atoms with Crippen LogP contribution in [0.15, 0.2) is 97.7 Å². The molecule has 2 saturated heterocycles. The van der Waals surface area contributed by atoms with Crippen molar-refractivity contribution in [1.82, 2.24) is 24.8 Å². The van der Waals surface area contributed by atoms with Gasteiger partial charge in [0.05, 0.1) is 24.6 Å². The normalized spacial score (nSPS) is 19.3. The van der Waals surface area contributed by atoms with Crippen LogP contribution in [0.4, 0.5) is 0 Å². The van der Waals surface area contributed by atoms with Gasteiger partial charge in [0.2, 0.25) is 17.7 Å². The second kappa shape index (κ2) is 13.1. The summed E-state index contributed by atoms with van der Waals surface area (Å²) in [7, 11) is 0. The van der Waals surface area contributed by atoms with E-state index in [0.717, 1.165) is 33.2 Å². The largest absolute Gasteiger partial charge is 0.508 e. The van der Waals surface area contributed by atoms with Crippen molar-refractivity contribution >= 4 is 28.6 Å². The predicted octanol–water partition coefficient (Wildman–Crippen LogP) is 4.80. The first-order valence-electron chi connectivity index (χ1n) is 15.7. The number of phenolic OH excluding ortho intramolecular Hbond substituents is 1. The summed E-state index contributed by atoms with van der Waals surface area (Å²) in [4.78, 5) is 50.7. The Hall–Kier alpha value is -5.02. The summed E-state index contributed by atoms with van der Waals surface area (Å²) in [5, 5.41) is 14.4. The Morgan fingerprint density at radius 2 is 1.78 bits per heavy atom. The van der Waals surface area contributed by atoms with Crippen molar-refractivity contribution in [2.24, 2.45) is 0 Å². The Bertz CT molecular complexity index is 1760. The van der Waals surface area contributed by atoms with Gasteiger partial charge < -0.3 is 14.9 Å². The molecular weight excluding hydrogens is 578 g/mol. The second-order valence-corrected chi connectivity index (χ2v) is 12.1. The van der Waals surface area contributed by atoms with Gasteiger partial charge in [0.25, 0.3) is 0 Å². The number of hydrazine groups is 1. The minimum Gasteiger partial charge on any atom is -0.508 e. The molecule has 6 rings (SSSR count). The van der Waals surface area contributed by atoms with E-state index in [1.807, 2.05) is 68.4 Å². The van der Waals surface area contributed by atoms with Crippen molar-refractivity contribution < 1.29 is 19.5 Å². The predicted molar refractivity (Wildman–Crippen MR) is 176 cm³/mol. The Labute approximate surface area is 269 Å². The molecule has 0 unspecified atom stereocenters. The zero-order valence-electron chi connectivity index (χ0n) is 26.3. The molecule has 4 aromatic rings. The quantitative estimate of drug-likeness (QED) is 0.271. The Kier molecular flexibility index (Phi) is 8.85. The Morgan fingerprint density at radius 1 is 1.02 bits per heavy atom. The van der Waals surface area contributed by atoms with Gasteiger partial charge in [0.1, 0.15) is 18.0 Å². The number of fused-ring (bicyclic) bond motifs is 2. The van der Waals surface area contributed by atoms with Crippen molar-refractivity contribution in [1.29, 1.82) is 0 Å². The molecule has 3 heterocycles. The lowest BCUT2D eigenvalue weighted by atomic mass is 9.94. The fourth-order valence-electron chi connectivity index (χ4n) is 6.78. The second-order valence-electron chi connectivity index (χ2n) is 12.1. The molecule has 2 aliphatic heterocycles. The maximum Gasteiger partial charge on any atom is 0.246 e. The number of hydrogen-bond donors (Lipinski definition) is 1. The fourth-order valence-corrected chi connectivity index (χ4v) is 6.78. The number of phenols is 1. The van der Waals surface area contributed by atoms with Gasteiger partial charge in [-0.3, -0.25) is 19.4 Å². The van der Waals surface area contributed by atoms with E-state index in [2.05, 4.69) is 6.58 Å². The van der Waals surface area contributed by atoms with Crippen molar-refractivity contribution in [2.75, 3.05) is 19.6 Å². The van der Waals surface area contributed by atoms with Crippen LogP contribution in [0.2, 0.25) is 0 Å². The molecule has 1 N–H and O–H groups in total. The van der Waals surface area contributed by atoms with Crippen LogP contribution in [0.1, 0.15) is 41.6 Å². The zero-order valence-corrected chi connectivity index (χ0v) is 26.3. The summed E-state index contributed by atoms with van der Waals surface area (Å²) in [6, 6.07) is 23.3. The lowest BCUT2D eigenvalue weighted by Crippen LogP contribution is -2.76. The summed E-state index contributed by atoms with van der Waals surface area (Å²) in [5.74, 6) is -0.412. The molecule has 3 atom stereocenters. The highest BCUT2D eigenvalue weighted by atomic mass is 16.3. The van der Waals surface area contributed by atoms with Gasteiger partial charge in [-0.15, -0.1) is 6.58 Å². The van der Waals surface area contributed by atoms with Crippen LogP contribution < -0.4 is 0 Å². The average Bonchev–Trinajstić information content (AvgIpc) is 3.06. The number of nitrogens with zero attached hydrogens (tertiary/aromatic N) is 5. The number of carbonyl (C=O) groups excluding carboxylic acids is 3. The van der Waals surface area contributed by atoms with Gasteiger partial charge in [-0.2, -0.15) is 0 Å². The van der Waals surface area contributed by atoms with Gasteiger partial charge >= 0.3 is 0 Å². The van der Waals surface area contributed by atoms with Gasteiger partial charge in [-0.1, -0.05) is 66.7 Å². The molecule has 1 aromatic heterocycles. The topological polar surface area (TPSA) is 97.3 Å². The highest BCUT2D eigenvalue weighted by Crippen LogP contribution is 2.35. The van der Waals surface area contributed by atoms with Gasteiger partial charge in [0, 0.05) is 36.5 Å². The Morgan fingerprint density at radius 3 is 2.52 bits per heavy atom. The molecule has 9 heteroatoms. The monoisotopic (exact) mass is 617 g/mol. The van der Waals surface area contributed by atoms with Crippen LogP contribution in [0.3, 0.4) is 0 Å². The van der Waals surface area contributed by atoms with Crippen molar-refractivity contribution in [3.05, 3.63) is 120 Å². The first-order valence-corrected chi connectivity index (χ1v) is 15.7. The van der Waals surface area contributed by atoms with Crippen LogP contribution in [0.5, 0.6) is 5.75 Å². The highest BCUT2D eigenvalue weighted by molar-refractivity contribution is 5.93. The third kappa shape index (κ3) is 5.98. The average molecular weight is 618 g/mol. The van der Waals surface area contributed by atoms with Crippen LogP contribution >= 0.6 is 0 Å². The number of aromatic nitrogens is 1. The summed E-state index contributed by atoms with van der Waals surface area (Å²) < 4.78 is 0. The smallest absolute Gasteiger partial charge is 0.246 e. The number of aromatic hydroxyl groups is 1. The fraction of sp³-hybridized carbons (Fsp3) is 0.297. The standard InChI is InChI=1S/C37H39N5O4/c1-4-21-39-24-35(45)41-32(22-28-13-16-29(43)17-14-28)37(46)40(26(3)31-18-12-25(2)30-11-8-20-38-36(30)31)23-33(41)42(39)34(44)19-15-27-9-6-5-7-10-27/h4-14,16-18,20,26,32-33,43H,1,15,19,21-24H2,2-3H3/t26-,32-,33-/m0/s1. The number of carbonyl (C=O) groups is 3. The van der Waals surface area contributed by atoms with Gasteiger partial charge in [-0.05, 0) is 55.2 Å².